The van der Waals surface area contributed by atoms with Gasteiger partial charge in [-0.3, -0.25) is 9.59 Å². The Hall–Kier alpha value is -3.39. The summed E-state index contributed by atoms with van der Waals surface area (Å²) in [5.41, 5.74) is 1.40. The van der Waals surface area contributed by atoms with Crippen LogP contribution in [-0.2, 0) is 16.1 Å². The Morgan fingerprint density at radius 2 is 1.80 bits per heavy atom. The van der Waals surface area contributed by atoms with E-state index in [2.05, 4.69) is 10.6 Å². The van der Waals surface area contributed by atoms with Crippen LogP contribution >= 0.6 is 11.6 Å². The Bertz CT molecular complexity index is 1040. The normalized spacial score (nSPS) is 20.6. The molecule has 2 heterocycles. The van der Waals surface area contributed by atoms with Gasteiger partial charge in [-0.25, -0.2) is 14.1 Å². The van der Waals surface area contributed by atoms with E-state index in [4.69, 9.17) is 11.6 Å². The van der Waals surface area contributed by atoms with Crippen LogP contribution in [0.15, 0.2) is 60.3 Å². The molecule has 2 aliphatic heterocycles. The van der Waals surface area contributed by atoms with E-state index in [0.29, 0.717) is 10.7 Å². The molecule has 2 aromatic rings. The van der Waals surface area contributed by atoms with Gasteiger partial charge in [0.1, 0.15) is 11.9 Å². The first-order valence-electron chi connectivity index (χ1n) is 9.21. The fourth-order valence-corrected chi connectivity index (χ4v) is 3.74. The molecule has 0 bridgehead atoms. The van der Waals surface area contributed by atoms with E-state index >= 15 is 0 Å². The third-order valence-corrected chi connectivity index (χ3v) is 5.35. The average molecular weight is 429 g/mol. The zero-order valence-corrected chi connectivity index (χ0v) is 16.7. The lowest BCUT2D eigenvalue weighted by molar-refractivity contribution is -0.122. The number of fused-ring (bicyclic) bond motifs is 1. The largest absolute Gasteiger partial charge is 0.366 e. The van der Waals surface area contributed by atoms with Crippen LogP contribution < -0.4 is 15.5 Å². The van der Waals surface area contributed by atoms with Gasteiger partial charge < -0.3 is 15.5 Å². The summed E-state index contributed by atoms with van der Waals surface area (Å²) in [5.74, 6) is -1.21. The summed E-state index contributed by atoms with van der Waals surface area (Å²) in [7, 11) is 1.67. The second kappa shape index (κ2) is 7.79. The van der Waals surface area contributed by atoms with Crippen molar-refractivity contribution < 1.29 is 18.8 Å². The van der Waals surface area contributed by atoms with Crippen LogP contribution in [0.4, 0.5) is 14.9 Å². The van der Waals surface area contributed by atoms with E-state index in [-0.39, 0.29) is 17.9 Å². The predicted octanol–water partition coefficient (Wildman–Crippen LogP) is 2.42. The van der Waals surface area contributed by atoms with Crippen molar-refractivity contribution in [1.82, 2.24) is 15.5 Å². The summed E-state index contributed by atoms with van der Waals surface area (Å²) < 4.78 is 13.0. The van der Waals surface area contributed by atoms with Gasteiger partial charge in [-0.15, -0.1) is 0 Å². The number of imide groups is 1. The van der Waals surface area contributed by atoms with Crippen LogP contribution in [0.2, 0.25) is 5.02 Å². The summed E-state index contributed by atoms with van der Waals surface area (Å²) in [6.45, 7) is 0.191. The quantitative estimate of drug-likeness (QED) is 0.783. The lowest BCUT2D eigenvalue weighted by Crippen LogP contribution is -2.65. The average Bonchev–Trinajstić information content (AvgIpc) is 3.05. The van der Waals surface area contributed by atoms with Gasteiger partial charge in [0.2, 0.25) is 0 Å². The number of hydrogen-bond acceptors (Lipinski definition) is 4. The number of halogens is 2. The number of anilines is 1. The molecule has 2 aromatic carbocycles. The third-order valence-electron chi connectivity index (χ3n) is 5.10. The molecule has 2 atom stereocenters. The van der Waals surface area contributed by atoms with Gasteiger partial charge in [-0.2, -0.15) is 0 Å². The van der Waals surface area contributed by atoms with Crippen molar-refractivity contribution in [3.05, 3.63) is 76.7 Å². The maximum Gasteiger partial charge on any atom is 0.329 e. The SMILES string of the molecule is CN1C=C(C(=O)NCc2ccc(F)cc2)C2NC(=O)N(c3ccc(Cl)cc3)C(=O)C21. The molecule has 30 heavy (non-hydrogen) atoms. The Morgan fingerprint density at radius 1 is 1.13 bits per heavy atom. The van der Waals surface area contributed by atoms with Crippen LogP contribution in [0.3, 0.4) is 0 Å². The Labute approximate surface area is 177 Å². The van der Waals surface area contributed by atoms with Gasteiger partial charge in [0.15, 0.2) is 0 Å². The van der Waals surface area contributed by atoms with Crippen LogP contribution in [0.5, 0.6) is 0 Å². The minimum absolute atomic E-state index is 0.191. The fraction of sp³-hybridized carbons (Fsp3) is 0.190. The van der Waals surface area contributed by atoms with Gasteiger partial charge in [0.25, 0.3) is 11.8 Å². The first-order valence-corrected chi connectivity index (χ1v) is 9.59. The zero-order valence-electron chi connectivity index (χ0n) is 15.9. The highest BCUT2D eigenvalue weighted by molar-refractivity contribution is 6.30. The summed E-state index contributed by atoms with van der Waals surface area (Å²) in [5, 5.41) is 5.98. The van der Waals surface area contributed by atoms with E-state index in [0.717, 1.165) is 10.5 Å². The molecule has 0 aromatic heterocycles. The molecule has 0 spiro atoms. The number of amides is 4. The molecule has 0 radical (unpaired) electrons. The smallest absolute Gasteiger partial charge is 0.329 e. The molecular weight excluding hydrogens is 411 g/mol. The molecule has 2 N–H and O–H groups in total. The van der Waals surface area contributed by atoms with Crippen molar-refractivity contribution in [2.75, 3.05) is 11.9 Å². The van der Waals surface area contributed by atoms with E-state index in [9.17, 15) is 18.8 Å². The van der Waals surface area contributed by atoms with E-state index < -0.39 is 29.9 Å². The fourth-order valence-electron chi connectivity index (χ4n) is 3.61. The number of nitrogens with one attached hydrogen (secondary N) is 2. The molecule has 4 amide bonds. The summed E-state index contributed by atoms with van der Waals surface area (Å²) >= 11 is 5.89. The highest BCUT2D eigenvalue weighted by Gasteiger charge is 2.49. The van der Waals surface area contributed by atoms with Crippen molar-refractivity contribution in [1.29, 1.82) is 0 Å². The topological polar surface area (TPSA) is 81.8 Å². The first-order chi connectivity index (χ1) is 14.3. The molecule has 0 aliphatic carbocycles. The molecular formula is C21H18ClFN4O3. The Morgan fingerprint density at radius 3 is 2.47 bits per heavy atom. The molecule has 2 aliphatic rings. The number of carbonyl (C=O) groups is 3. The molecule has 7 nitrogen and oxygen atoms in total. The third kappa shape index (κ3) is 3.61. The van der Waals surface area contributed by atoms with Gasteiger partial charge in [-0.05, 0) is 42.0 Å². The summed E-state index contributed by atoms with van der Waals surface area (Å²) in [6, 6.07) is 9.98. The Kier molecular flexibility index (Phi) is 5.17. The van der Waals surface area contributed by atoms with Crippen LogP contribution in [0, 0.1) is 5.82 Å². The predicted molar refractivity (Wildman–Crippen MR) is 109 cm³/mol. The van der Waals surface area contributed by atoms with E-state index in [1.54, 1.807) is 54.5 Å². The van der Waals surface area contributed by atoms with Crippen molar-refractivity contribution in [3.63, 3.8) is 0 Å². The van der Waals surface area contributed by atoms with E-state index in [1.165, 1.54) is 12.1 Å². The number of hydrogen-bond donors (Lipinski definition) is 2. The molecule has 1 fully saturated rings. The van der Waals surface area contributed by atoms with E-state index in [1.807, 2.05) is 0 Å². The number of likely N-dealkylation sites (N-methyl/N-ethyl adjacent to an activating group) is 1. The lowest BCUT2D eigenvalue weighted by atomic mass is 9.99. The van der Waals surface area contributed by atoms with Crippen molar-refractivity contribution in [2.45, 2.75) is 18.6 Å². The molecule has 1 saturated heterocycles. The maximum atomic E-state index is 13.1. The van der Waals surface area contributed by atoms with Crippen molar-refractivity contribution in [2.24, 2.45) is 0 Å². The van der Waals surface area contributed by atoms with Crippen LogP contribution in [-0.4, -0.2) is 41.9 Å². The minimum atomic E-state index is -0.772. The first kappa shape index (κ1) is 19.9. The summed E-state index contributed by atoms with van der Waals surface area (Å²) in [4.78, 5) is 41.1. The highest BCUT2D eigenvalue weighted by Crippen LogP contribution is 2.29. The summed E-state index contributed by atoms with van der Waals surface area (Å²) in [6.07, 6.45) is 1.55. The number of rotatable bonds is 4. The number of urea groups is 1. The number of nitrogens with zero attached hydrogens (tertiary/aromatic N) is 2. The van der Waals surface area contributed by atoms with Gasteiger partial charge >= 0.3 is 6.03 Å². The molecule has 9 heteroatoms. The van der Waals surface area contributed by atoms with Crippen molar-refractivity contribution >= 4 is 35.1 Å². The Balaban J connectivity index is 1.50. The van der Waals surface area contributed by atoms with Crippen LogP contribution in [0.1, 0.15) is 5.56 Å². The van der Waals surface area contributed by atoms with Crippen molar-refractivity contribution in [3.8, 4) is 0 Å². The molecule has 2 unspecified atom stereocenters. The minimum Gasteiger partial charge on any atom is -0.366 e. The molecule has 4 rings (SSSR count). The number of carbonyl (C=O) groups excluding carboxylic acids is 3. The lowest BCUT2D eigenvalue weighted by Gasteiger charge is -2.37. The molecule has 154 valence electrons. The van der Waals surface area contributed by atoms with Gasteiger partial charge in [0, 0.05) is 24.8 Å². The van der Waals surface area contributed by atoms with Gasteiger partial charge in [-0.1, -0.05) is 23.7 Å². The standard InChI is InChI=1S/C21H18ClFN4O3/c1-26-11-16(19(28)24-10-12-2-6-14(23)7-3-12)17-18(26)20(29)27(21(30)25-17)15-8-4-13(22)5-9-15/h2-9,11,17-18H,10H2,1H3,(H,24,28)(H,25,30). The second-order valence-electron chi connectivity index (χ2n) is 7.08. The monoisotopic (exact) mass is 428 g/mol. The maximum absolute atomic E-state index is 13.1. The highest BCUT2D eigenvalue weighted by atomic mass is 35.5. The van der Waals surface area contributed by atoms with Gasteiger partial charge in [0.05, 0.1) is 17.3 Å². The number of benzene rings is 2. The molecule has 0 saturated carbocycles. The second-order valence-corrected chi connectivity index (χ2v) is 7.52. The van der Waals surface area contributed by atoms with Crippen LogP contribution in [0.25, 0.3) is 0 Å². The zero-order chi connectivity index (χ0) is 21.4.